The first-order chi connectivity index (χ1) is 7.10. The summed E-state index contributed by atoms with van der Waals surface area (Å²) >= 11 is 0. The molecule has 0 heterocycles. The summed E-state index contributed by atoms with van der Waals surface area (Å²) in [6.07, 6.45) is 1.47. The van der Waals surface area contributed by atoms with E-state index in [2.05, 4.69) is 0 Å². The number of benzene rings is 1. The fraction of sp³-hybridized carbons (Fsp3) is 0.364. The SMILES string of the molecule is CCC[C@@H](N)c1cc(C#N)cc(F)c1O.Cl. The lowest BCUT2D eigenvalue weighted by Crippen LogP contribution is -2.10. The Morgan fingerprint density at radius 2 is 2.19 bits per heavy atom. The van der Waals surface area contributed by atoms with Crippen molar-refractivity contribution in [2.24, 2.45) is 5.73 Å². The van der Waals surface area contributed by atoms with Gasteiger partial charge in [-0.25, -0.2) is 4.39 Å². The number of phenols is 1. The van der Waals surface area contributed by atoms with Gasteiger partial charge in [0, 0.05) is 11.6 Å². The summed E-state index contributed by atoms with van der Waals surface area (Å²) in [6.45, 7) is 1.95. The summed E-state index contributed by atoms with van der Waals surface area (Å²) in [7, 11) is 0. The maximum atomic E-state index is 13.2. The third-order valence-electron chi connectivity index (χ3n) is 2.22. The Morgan fingerprint density at radius 3 is 2.69 bits per heavy atom. The number of phenolic OH excluding ortho intramolecular Hbond substituents is 1. The lowest BCUT2D eigenvalue weighted by Gasteiger charge is -2.13. The Hall–Kier alpha value is -1.31. The number of nitrogens with two attached hydrogens (primary N) is 1. The highest BCUT2D eigenvalue weighted by molar-refractivity contribution is 5.85. The molecular formula is C11H14ClFN2O. The molecule has 88 valence electrons. The third-order valence-corrected chi connectivity index (χ3v) is 2.22. The standard InChI is InChI=1S/C11H13FN2O.ClH/c1-2-3-10(14)8-4-7(6-13)5-9(12)11(8)15;/h4-5,10,15H,2-3,14H2,1H3;1H/t10-;/m1./s1. The molecule has 0 aliphatic rings. The van der Waals surface area contributed by atoms with Gasteiger partial charge in [-0.2, -0.15) is 5.26 Å². The van der Waals surface area contributed by atoms with Gasteiger partial charge >= 0.3 is 0 Å². The van der Waals surface area contributed by atoms with Crippen molar-refractivity contribution in [3.63, 3.8) is 0 Å². The minimum atomic E-state index is -0.796. The molecule has 0 aliphatic heterocycles. The highest BCUT2D eigenvalue weighted by Crippen LogP contribution is 2.29. The van der Waals surface area contributed by atoms with Crippen molar-refractivity contribution in [2.45, 2.75) is 25.8 Å². The van der Waals surface area contributed by atoms with E-state index >= 15 is 0 Å². The second-order valence-corrected chi connectivity index (χ2v) is 3.40. The molecule has 1 atom stereocenters. The van der Waals surface area contributed by atoms with Gasteiger partial charge < -0.3 is 10.8 Å². The van der Waals surface area contributed by atoms with Crippen LogP contribution < -0.4 is 5.73 Å². The number of nitrogens with zero attached hydrogens (tertiary/aromatic N) is 1. The largest absolute Gasteiger partial charge is 0.505 e. The van der Waals surface area contributed by atoms with Crippen LogP contribution in [0.3, 0.4) is 0 Å². The van der Waals surface area contributed by atoms with Crippen LogP contribution in [-0.4, -0.2) is 5.11 Å². The fourth-order valence-corrected chi connectivity index (χ4v) is 1.43. The molecule has 0 aliphatic carbocycles. The topological polar surface area (TPSA) is 70.0 Å². The third kappa shape index (κ3) is 3.09. The minimum absolute atomic E-state index is 0. The predicted molar refractivity (Wildman–Crippen MR) is 61.9 cm³/mol. The van der Waals surface area contributed by atoms with Crippen molar-refractivity contribution < 1.29 is 9.50 Å². The van der Waals surface area contributed by atoms with Crippen LogP contribution in [0.1, 0.15) is 36.9 Å². The number of nitriles is 1. The van der Waals surface area contributed by atoms with Crippen LogP contribution in [0.5, 0.6) is 5.75 Å². The highest BCUT2D eigenvalue weighted by Gasteiger charge is 2.15. The van der Waals surface area contributed by atoms with Crippen LogP contribution in [0.15, 0.2) is 12.1 Å². The Morgan fingerprint density at radius 1 is 1.56 bits per heavy atom. The second kappa shape index (κ2) is 6.31. The quantitative estimate of drug-likeness (QED) is 0.859. The molecule has 1 aromatic rings. The van der Waals surface area contributed by atoms with Gasteiger partial charge in [-0.3, -0.25) is 0 Å². The van der Waals surface area contributed by atoms with E-state index in [-0.39, 0.29) is 18.0 Å². The van der Waals surface area contributed by atoms with Gasteiger partial charge in [-0.1, -0.05) is 13.3 Å². The van der Waals surface area contributed by atoms with E-state index in [0.717, 1.165) is 12.5 Å². The average Bonchev–Trinajstić information content (AvgIpc) is 2.22. The molecule has 0 aromatic heterocycles. The number of aromatic hydroxyl groups is 1. The fourth-order valence-electron chi connectivity index (χ4n) is 1.43. The van der Waals surface area contributed by atoms with Crippen molar-refractivity contribution >= 4 is 12.4 Å². The molecule has 0 bridgehead atoms. The first-order valence-electron chi connectivity index (χ1n) is 4.78. The van der Waals surface area contributed by atoms with Crippen LogP contribution in [0.2, 0.25) is 0 Å². The summed E-state index contributed by atoms with van der Waals surface area (Å²) in [6, 6.07) is 3.82. The molecule has 0 spiro atoms. The van der Waals surface area contributed by atoms with Crippen LogP contribution in [0.4, 0.5) is 4.39 Å². The van der Waals surface area contributed by atoms with Gasteiger partial charge in [-0.05, 0) is 18.6 Å². The van der Waals surface area contributed by atoms with Gasteiger partial charge in [0.15, 0.2) is 11.6 Å². The lowest BCUT2D eigenvalue weighted by molar-refractivity contribution is 0.418. The maximum Gasteiger partial charge on any atom is 0.166 e. The molecule has 0 radical (unpaired) electrons. The normalized spacial score (nSPS) is 11.4. The van der Waals surface area contributed by atoms with E-state index in [9.17, 15) is 9.50 Å². The Labute approximate surface area is 100 Å². The molecule has 3 nitrogen and oxygen atoms in total. The minimum Gasteiger partial charge on any atom is -0.505 e. The van der Waals surface area contributed by atoms with Gasteiger partial charge in [0.1, 0.15) is 0 Å². The number of hydrogen-bond donors (Lipinski definition) is 2. The van der Waals surface area contributed by atoms with Crippen LogP contribution >= 0.6 is 12.4 Å². The van der Waals surface area contributed by atoms with Crippen LogP contribution in [-0.2, 0) is 0 Å². The first kappa shape index (κ1) is 14.7. The van der Waals surface area contributed by atoms with E-state index in [1.165, 1.54) is 6.07 Å². The van der Waals surface area contributed by atoms with Crippen LogP contribution in [0, 0.1) is 17.1 Å². The molecule has 0 fully saturated rings. The molecule has 0 saturated heterocycles. The van der Waals surface area contributed by atoms with Gasteiger partial charge in [0.2, 0.25) is 0 Å². The summed E-state index contributed by atoms with van der Waals surface area (Å²) in [4.78, 5) is 0. The smallest absolute Gasteiger partial charge is 0.166 e. The molecule has 0 unspecified atom stereocenters. The molecule has 5 heteroatoms. The van der Waals surface area contributed by atoms with E-state index < -0.39 is 17.6 Å². The van der Waals surface area contributed by atoms with Gasteiger partial charge in [-0.15, -0.1) is 12.4 Å². The van der Waals surface area contributed by atoms with E-state index in [1.54, 1.807) is 0 Å². The molecule has 1 aromatic carbocycles. The van der Waals surface area contributed by atoms with E-state index in [4.69, 9.17) is 11.0 Å². The zero-order valence-corrected chi connectivity index (χ0v) is 9.72. The lowest BCUT2D eigenvalue weighted by atomic mass is 10.00. The summed E-state index contributed by atoms with van der Waals surface area (Å²) in [5.41, 5.74) is 6.24. The van der Waals surface area contributed by atoms with Gasteiger partial charge in [0.05, 0.1) is 11.6 Å². The van der Waals surface area contributed by atoms with Crippen molar-refractivity contribution in [2.75, 3.05) is 0 Å². The summed E-state index contributed by atoms with van der Waals surface area (Å²) in [5.74, 6) is -1.24. The Bertz CT molecular complexity index is 404. The molecule has 0 amide bonds. The zero-order valence-electron chi connectivity index (χ0n) is 8.90. The van der Waals surface area contributed by atoms with Crippen molar-refractivity contribution in [1.29, 1.82) is 5.26 Å². The predicted octanol–water partition coefficient (Wildman–Crippen LogP) is 2.62. The Balaban J connectivity index is 0.00000225. The highest BCUT2D eigenvalue weighted by atomic mass is 35.5. The molecule has 3 N–H and O–H groups in total. The number of rotatable bonds is 3. The van der Waals surface area contributed by atoms with Crippen molar-refractivity contribution in [3.05, 3.63) is 29.1 Å². The molecule has 1 rings (SSSR count). The average molecular weight is 245 g/mol. The molecule has 0 saturated carbocycles. The van der Waals surface area contributed by atoms with E-state index in [0.29, 0.717) is 12.0 Å². The number of hydrogen-bond acceptors (Lipinski definition) is 3. The summed E-state index contributed by atoms with van der Waals surface area (Å²) < 4.78 is 13.2. The maximum absolute atomic E-state index is 13.2. The summed E-state index contributed by atoms with van der Waals surface area (Å²) in [5, 5.41) is 18.1. The van der Waals surface area contributed by atoms with E-state index in [1.807, 2.05) is 13.0 Å². The monoisotopic (exact) mass is 244 g/mol. The zero-order chi connectivity index (χ0) is 11.4. The second-order valence-electron chi connectivity index (χ2n) is 3.40. The number of halogens is 2. The van der Waals surface area contributed by atoms with Crippen molar-refractivity contribution in [3.8, 4) is 11.8 Å². The first-order valence-corrected chi connectivity index (χ1v) is 4.78. The molecule has 16 heavy (non-hydrogen) atoms. The van der Waals surface area contributed by atoms with Crippen LogP contribution in [0.25, 0.3) is 0 Å². The molecular weight excluding hydrogens is 231 g/mol. The van der Waals surface area contributed by atoms with Crippen molar-refractivity contribution in [1.82, 2.24) is 0 Å². The Kier molecular flexibility index (Phi) is 5.79. The van der Waals surface area contributed by atoms with Gasteiger partial charge in [0.25, 0.3) is 0 Å².